The second-order valence-corrected chi connectivity index (χ2v) is 8.66. The smallest absolute Gasteiger partial charge is 0.337 e. The molecule has 0 aliphatic rings. The molecule has 0 saturated carbocycles. The monoisotopic (exact) mass is 381 g/mol. The average molecular weight is 382 g/mol. The molecule has 2 rings (SSSR count). The van der Waals surface area contributed by atoms with Gasteiger partial charge < -0.3 is 4.74 Å². The predicted molar refractivity (Wildman–Crippen MR) is 98.7 cm³/mol. The Kier molecular flexibility index (Phi) is 5.44. The van der Waals surface area contributed by atoms with Crippen molar-refractivity contribution in [2.75, 3.05) is 11.8 Å². The van der Waals surface area contributed by atoms with Gasteiger partial charge in [-0.3, -0.25) is 4.72 Å². The summed E-state index contributed by atoms with van der Waals surface area (Å²) in [4.78, 5) is 11.6. The van der Waals surface area contributed by atoms with Crippen molar-refractivity contribution in [2.45, 2.75) is 31.1 Å². The van der Waals surface area contributed by atoms with Crippen LogP contribution in [0.1, 0.15) is 36.7 Å². The standard InChI is InChI=1S/C18H20ClNO4S/c1-18(2,3)13-6-8-14(9-7-13)25(22,23)20-16-10-5-12(11-15(16)19)17(21)24-4/h5-11,20H,1-4H3. The van der Waals surface area contributed by atoms with Crippen LogP contribution in [0.3, 0.4) is 0 Å². The molecule has 0 heterocycles. The van der Waals surface area contributed by atoms with Crippen molar-refractivity contribution in [1.29, 1.82) is 0 Å². The van der Waals surface area contributed by atoms with Crippen LogP contribution in [0.5, 0.6) is 0 Å². The van der Waals surface area contributed by atoms with Gasteiger partial charge in [-0.05, 0) is 41.3 Å². The van der Waals surface area contributed by atoms with Crippen LogP contribution in [0.4, 0.5) is 5.69 Å². The molecule has 25 heavy (non-hydrogen) atoms. The molecule has 0 amide bonds. The largest absolute Gasteiger partial charge is 0.465 e. The Hall–Kier alpha value is -2.05. The lowest BCUT2D eigenvalue weighted by Gasteiger charge is -2.19. The lowest BCUT2D eigenvalue weighted by molar-refractivity contribution is 0.0600. The number of nitrogens with one attached hydrogen (secondary N) is 1. The molecule has 0 aromatic heterocycles. The lowest BCUT2D eigenvalue weighted by Crippen LogP contribution is -2.15. The number of ether oxygens (including phenoxy) is 1. The highest BCUT2D eigenvalue weighted by Gasteiger charge is 2.19. The van der Waals surface area contributed by atoms with Crippen molar-refractivity contribution in [3.8, 4) is 0 Å². The predicted octanol–water partition coefficient (Wildman–Crippen LogP) is 4.22. The van der Waals surface area contributed by atoms with Crippen LogP contribution in [-0.4, -0.2) is 21.5 Å². The van der Waals surface area contributed by atoms with Crippen LogP contribution in [-0.2, 0) is 20.2 Å². The normalized spacial score (nSPS) is 11.9. The van der Waals surface area contributed by atoms with Gasteiger partial charge in [-0.1, -0.05) is 44.5 Å². The van der Waals surface area contributed by atoms with E-state index in [0.29, 0.717) is 0 Å². The Morgan fingerprint density at radius 3 is 2.16 bits per heavy atom. The fraction of sp³-hybridized carbons (Fsp3) is 0.278. The third-order valence-corrected chi connectivity index (χ3v) is 5.36. The van der Waals surface area contributed by atoms with E-state index in [-0.39, 0.29) is 26.6 Å². The second kappa shape index (κ2) is 7.06. The summed E-state index contributed by atoms with van der Waals surface area (Å²) in [6.45, 7) is 6.16. The van der Waals surface area contributed by atoms with Gasteiger partial charge >= 0.3 is 5.97 Å². The highest BCUT2D eigenvalue weighted by molar-refractivity contribution is 7.92. The maximum atomic E-state index is 12.5. The molecule has 0 radical (unpaired) electrons. The number of benzene rings is 2. The summed E-state index contributed by atoms with van der Waals surface area (Å²) in [6, 6.07) is 10.9. The molecule has 0 unspecified atom stereocenters. The van der Waals surface area contributed by atoms with Crippen LogP contribution in [0.15, 0.2) is 47.4 Å². The molecule has 0 atom stereocenters. The summed E-state index contributed by atoms with van der Waals surface area (Å²) in [5, 5.41) is 0.109. The zero-order valence-electron chi connectivity index (χ0n) is 14.5. The molecule has 0 fully saturated rings. The Labute approximate surface area is 153 Å². The number of rotatable bonds is 4. The maximum absolute atomic E-state index is 12.5. The van der Waals surface area contributed by atoms with Gasteiger partial charge in [0.25, 0.3) is 10.0 Å². The minimum Gasteiger partial charge on any atom is -0.465 e. The second-order valence-electron chi connectivity index (χ2n) is 6.57. The van der Waals surface area contributed by atoms with Crippen molar-refractivity contribution in [3.05, 3.63) is 58.6 Å². The van der Waals surface area contributed by atoms with E-state index in [1.165, 1.54) is 25.3 Å². The van der Waals surface area contributed by atoms with Crippen LogP contribution < -0.4 is 4.72 Å². The van der Waals surface area contributed by atoms with E-state index in [9.17, 15) is 13.2 Å². The summed E-state index contributed by atoms with van der Waals surface area (Å²) in [5.74, 6) is -0.547. The third kappa shape index (κ3) is 4.52. The molecule has 0 bridgehead atoms. The lowest BCUT2D eigenvalue weighted by atomic mass is 9.87. The molecule has 1 N–H and O–H groups in total. The van der Waals surface area contributed by atoms with Crippen LogP contribution in [0.25, 0.3) is 0 Å². The molecule has 134 valence electrons. The Balaban J connectivity index is 2.28. The summed E-state index contributed by atoms with van der Waals surface area (Å²) in [7, 11) is -2.53. The van der Waals surface area contributed by atoms with Crippen LogP contribution >= 0.6 is 11.6 Å². The number of sulfonamides is 1. The Bertz CT molecular complexity index is 884. The molecule has 0 aliphatic heterocycles. The van der Waals surface area contributed by atoms with Gasteiger partial charge in [-0.2, -0.15) is 0 Å². The summed E-state index contributed by atoms with van der Waals surface area (Å²) >= 11 is 6.07. The number of anilines is 1. The molecular formula is C18H20ClNO4S. The molecule has 5 nitrogen and oxygen atoms in total. The molecule has 2 aromatic carbocycles. The van der Waals surface area contributed by atoms with Gasteiger partial charge in [0.2, 0.25) is 0 Å². The van der Waals surface area contributed by atoms with E-state index in [4.69, 9.17) is 11.6 Å². The van der Waals surface area contributed by atoms with E-state index in [2.05, 4.69) is 30.2 Å². The minimum absolute atomic E-state index is 0.0667. The zero-order chi connectivity index (χ0) is 18.8. The van der Waals surface area contributed by atoms with Gasteiger partial charge in [0.1, 0.15) is 0 Å². The third-order valence-electron chi connectivity index (χ3n) is 3.67. The van der Waals surface area contributed by atoms with Gasteiger partial charge in [0.05, 0.1) is 28.3 Å². The molecule has 0 saturated heterocycles. The topological polar surface area (TPSA) is 72.5 Å². The van der Waals surface area contributed by atoms with E-state index >= 15 is 0 Å². The first kappa shape index (κ1) is 19.3. The van der Waals surface area contributed by atoms with E-state index in [1.54, 1.807) is 24.3 Å². The molecule has 7 heteroatoms. The first-order valence-corrected chi connectivity index (χ1v) is 9.42. The number of halogens is 1. The fourth-order valence-electron chi connectivity index (χ4n) is 2.18. The highest BCUT2D eigenvalue weighted by Crippen LogP contribution is 2.27. The highest BCUT2D eigenvalue weighted by atomic mass is 35.5. The van der Waals surface area contributed by atoms with Gasteiger partial charge in [-0.25, -0.2) is 13.2 Å². The molecule has 0 spiro atoms. The SMILES string of the molecule is COC(=O)c1ccc(NS(=O)(=O)c2ccc(C(C)(C)C)cc2)c(Cl)c1. The van der Waals surface area contributed by atoms with E-state index in [1.807, 2.05) is 0 Å². The van der Waals surface area contributed by atoms with E-state index in [0.717, 1.165) is 5.56 Å². The van der Waals surface area contributed by atoms with E-state index < -0.39 is 16.0 Å². The molecule has 2 aromatic rings. The first-order chi connectivity index (χ1) is 11.5. The number of hydrogen-bond acceptors (Lipinski definition) is 4. The van der Waals surface area contributed by atoms with Crippen LogP contribution in [0, 0.1) is 0 Å². The number of carbonyl (C=O) groups excluding carboxylic acids is 1. The van der Waals surface area contributed by atoms with Crippen LogP contribution in [0.2, 0.25) is 5.02 Å². The number of hydrogen-bond donors (Lipinski definition) is 1. The summed E-state index contributed by atoms with van der Waals surface area (Å²) in [5.41, 5.74) is 1.40. The van der Waals surface area contributed by atoms with Gasteiger partial charge in [0, 0.05) is 0 Å². The van der Waals surface area contributed by atoms with Crippen molar-refractivity contribution in [2.24, 2.45) is 0 Å². The first-order valence-electron chi connectivity index (χ1n) is 7.56. The number of carbonyl (C=O) groups is 1. The molecule has 0 aliphatic carbocycles. The Morgan fingerprint density at radius 1 is 1.08 bits per heavy atom. The van der Waals surface area contributed by atoms with Gasteiger partial charge in [0.15, 0.2) is 0 Å². The zero-order valence-corrected chi connectivity index (χ0v) is 16.0. The summed E-state index contributed by atoms with van der Waals surface area (Å²) < 4.78 is 32.1. The number of methoxy groups -OCH3 is 1. The quantitative estimate of drug-likeness (QED) is 0.804. The van der Waals surface area contributed by atoms with Crippen molar-refractivity contribution in [1.82, 2.24) is 0 Å². The van der Waals surface area contributed by atoms with Crippen molar-refractivity contribution < 1.29 is 17.9 Å². The Morgan fingerprint density at radius 2 is 1.68 bits per heavy atom. The minimum atomic E-state index is -3.79. The van der Waals surface area contributed by atoms with Crippen molar-refractivity contribution >= 4 is 33.3 Å². The summed E-state index contributed by atoms with van der Waals surface area (Å²) in [6.07, 6.45) is 0. The average Bonchev–Trinajstić information content (AvgIpc) is 2.55. The fourth-order valence-corrected chi connectivity index (χ4v) is 3.54. The van der Waals surface area contributed by atoms with Gasteiger partial charge in [-0.15, -0.1) is 0 Å². The number of esters is 1. The van der Waals surface area contributed by atoms with Crippen molar-refractivity contribution in [3.63, 3.8) is 0 Å². The maximum Gasteiger partial charge on any atom is 0.337 e. The molecular weight excluding hydrogens is 362 g/mol.